The van der Waals surface area contributed by atoms with Gasteiger partial charge >= 0.3 is 0 Å². The van der Waals surface area contributed by atoms with Gasteiger partial charge in [0.1, 0.15) is 10.1 Å². The first-order valence-electron chi connectivity index (χ1n) is 8.68. The van der Waals surface area contributed by atoms with Gasteiger partial charge in [-0.15, -0.1) is 0 Å². The highest BCUT2D eigenvalue weighted by atomic mass is 32.2. The van der Waals surface area contributed by atoms with Crippen LogP contribution < -0.4 is 5.32 Å². The molecule has 140 valence electrons. The Labute approximate surface area is 171 Å². The summed E-state index contributed by atoms with van der Waals surface area (Å²) in [5.74, 6) is 0.221. The van der Waals surface area contributed by atoms with Crippen molar-refractivity contribution in [2.45, 2.75) is 6.42 Å². The molecule has 0 unspecified atom stereocenters. The van der Waals surface area contributed by atoms with E-state index in [2.05, 4.69) is 5.32 Å². The molecular weight excluding hydrogens is 392 g/mol. The molecule has 2 aromatic carbocycles. The van der Waals surface area contributed by atoms with Crippen molar-refractivity contribution in [3.05, 3.63) is 71.5 Å². The highest BCUT2D eigenvalue weighted by molar-refractivity contribution is 8.26. The van der Waals surface area contributed by atoms with Crippen LogP contribution in [0.2, 0.25) is 0 Å². The van der Waals surface area contributed by atoms with E-state index in [1.165, 1.54) is 16.7 Å². The summed E-state index contributed by atoms with van der Waals surface area (Å²) in [7, 11) is 0. The van der Waals surface area contributed by atoms with Crippen LogP contribution in [0.25, 0.3) is 16.8 Å². The number of carbonyl (C=O) groups is 2. The Balaban J connectivity index is 1.37. The Bertz CT molecular complexity index is 1090. The number of fused-ring (bicyclic) bond motifs is 1. The highest BCUT2D eigenvalue weighted by Gasteiger charge is 2.32. The molecule has 1 aromatic heterocycles. The van der Waals surface area contributed by atoms with Gasteiger partial charge in [-0.1, -0.05) is 54.3 Å². The first kappa shape index (κ1) is 18.5. The molecule has 1 saturated heterocycles. The lowest BCUT2D eigenvalue weighted by molar-refractivity contribution is -0.122. The van der Waals surface area contributed by atoms with Crippen molar-refractivity contribution in [3.8, 4) is 0 Å². The molecule has 2 heterocycles. The largest absolute Gasteiger partial charge is 0.465 e. The van der Waals surface area contributed by atoms with Gasteiger partial charge in [0.25, 0.3) is 5.91 Å². The summed E-state index contributed by atoms with van der Waals surface area (Å²) in [6.07, 6.45) is 3.37. The van der Waals surface area contributed by atoms with E-state index in [9.17, 15) is 9.59 Å². The standard InChI is InChI=1S/C21H16N2O3S2/c24-19(22-16-8-7-14-4-1-2-5-15(14)12-16)9-10-23-20(25)18(28-21(23)27)13-17-6-3-11-26-17/h1-8,11-13H,9-10H2,(H,22,24)/b18-13+. The van der Waals surface area contributed by atoms with Gasteiger partial charge in [-0.25, -0.2) is 0 Å². The molecule has 0 atom stereocenters. The van der Waals surface area contributed by atoms with Gasteiger partial charge in [-0.3, -0.25) is 14.5 Å². The molecule has 1 N–H and O–H groups in total. The first-order valence-corrected chi connectivity index (χ1v) is 9.90. The number of anilines is 1. The van der Waals surface area contributed by atoms with Crippen LogP contribution in [0, 0.1) is 0 Å². The molecule has 0 spiro atoms. The van der Waals surface area contributed by atoms with E-state index in [1.807, 2.05) is 42.5 Å². The number of furan rings is 1. The number of nitrogens with zero attached hydrogens (tertiary/aromatic N) is 1. The van der Waals surface area contributed by atoms with Gasteiger partial charge in [0.05, 0.1) is 11.2 Å². The van der Waals surface area contributed by atoms with E-state index in [1.54, 1.807) is 24.5 Å². The van der Waals surface area contributed by atoms with Gasteiger partial charge < -0.3 is 9.73 Å². The van der Waals surface area contributed by atoms with E-state index in [4.69, 9.17) is 16.6 Å². The van der Waals surface area contributed by atoms with Crippen molar-refractivity contribution in [2.24, 2.45) is 0 Å². The molecule has 1 fully saturated rings. The Morgan fingerprint density at radius 1 is 1.14 bits per heavy atom. The number of hydrogen-bond donors (Lipinski definition) is 1. The summed E-state index contributed by atoms with van der Waals surface area (Å²) in [4.78, 5) is 26.8. The second-order valence-electron chi connectivity index (χ2n) is 6.21. The number of rotatable bonds is 5. The van der Waals surface area contributed by atoms with E-state index in [0.717, 1.165) is 16.5 Å². The van der Waals surface area contributed by atoms with E-state index < -0.39 is 0 Å². The zero-order valence-electron chi connectivity index (χ0n) is 14.8. The average molecular weight is 409 g/mol. The number of amides is 2. The molecule has 3 aromatic rings. The number of benzene rings is 2. The Morgan fingerprint density at radius 3 is 2.75 bits per heavy atom. The molecule has 0 aliphatic carbocycles. The molecule has 4 rings (SSSR count). The van der Waals surface area contributed by atoms with Gasteiger partial charge in [-0.2, -0.15) is 0 Å². The van der Waals surface area contributed by atoms with Crippen molar-refractivity contribution in [1.29, 1.82) is 0 Å². The average Bonchev–Trinajstić information content (AvgIpc) is 3.29. The quantitative estimate of drug-likeness (QED) is 0.491. The van der Waals surface area contributed by atoms with Gasteiger partial charge in [0, 0.05) is 24.7 Å². The minimum atomic E-state index is -0.204. The van der Waals surface area contributed by atoms with Crippen molar-refractivity contribution < 1.29 is 14.0 Å². The summed E-state index contributed by atoms with van der Waals surface area (Å²) in [6.45, 7) is 0.236. The zero-order chi connectivity index (χ0) is 19.5. The fraction of sp³-hybridized carbons (Fsp3) is 0.0952. The summed E-state index contributed by atoms with van der Waals surface area (Å²) >= 11 is 6.50. The van der Waals surface area contributed by atoms with Crippen LogP contribution in [0.15, 0.2) is 70.2 Å². The SMILES string of the molecule is O=C(CCN1C(=O)/C(=C\c2ccco2)SC1=S)Nc1ccc2ccccc2c1. The van der Waals surface area contributed by atoms with Gasteiger partial charge in [0.15, 0.2) is 0 Å². The molecule has 1 aliphatic heterocycles. The molecule has 5 nitrogen and oxygen atoms in total. The second kappa shape index (κ2) is 8.00. The normalized spacial score (nSPS) is 15.6. The molecule has 28 heavy (non-hydrogen) atoms. The maximum absolute atomic E-state index is 12.5. The monoisotopic (exact) mass is 408 g/mol. The number of thioether (sulfide) groups is 1. The van der Waals surface area contributed by atoms with Crippen LogP contribution in [-0.2, 0) is 9.59 Å². The molecule has 0 saturated carbocycles. The van der Waals surface area contributed by atoms with Crippen LogP contribution in [0.3, 0.4) is 0 Å². The van der Waals surface area contributed by atoms with E-state index in [-0.39, 0.29) is 24.8 Å². The fourth-order valence-corrected chi connectivity index (χ4v) is 4.19. The Kier molecular flexibility index (Phi) is 5.27. The predicted octanol–water partition coefficient (Wildman–Crippen LogP) is 4.66. The fourth-order valence-electron chi connectivity index (χ4n) is 2.90. The van der Waals surface area contributed by atoms with Crippen LogP contribution >= 0.6 is 24.0 Å². The third kappa shape index (κ3) is 4.00. The maximum atomic E-state index is 12.5. The third-order valence-electron chi connectivity index (χ3n) is 4.29. The number of hydrogen-bond acceptors (Lipinski definition) is 5. The van der Waals surface area contributed by atoms with Crippen LogP contribution in [0.1, 0.15) is 12.2 Å². The van der Waals surface area contributed by atoms with Crippen molar-refractivity contribution in [3.63, 3.8) is 0 Å². The molecule has 0 radical (unpaired) electrons. The molecule has 7 heteroatoms. The molecule has 1 aliphatic rings. The lowest BCUT2D eigenvalue weighted by Gasteiger charge is -2.14. The number of nitrogens with one attached hydrogen (secondary N) is 1. The second-order valence-corrected chi connectivity index (χ2v) is 7.88. The van der Waals surface area contributed by atoms with Crippen LogP contribution in [-0.4, -0.2) is 27.6 Å². The Hall–Kier alpha value is -2.90. The first-order chi connectivity index (χ1) is 13.6. The molecule has 2 amide bonds. The maximum Gasteiger partial charge on any atom is 0.266 e. The molecular formula is C21H16N2O3S2. The van der Waals surface area contributed by atoms with Gasteiger partial charge in [0.2, 0.25) is 5.91 Å². The van der Waals surface area contributed by atoms with Gasteiger partial charge in [-0.05, 0) is 35.0 Å². The van der Waals surface area contributed by atoms with Crippen LogP contribution in [0.5, 0.6) is 0 Å². The minimum absolute atomic E-state index is 0.160. The Morgan fingerprint density at radius 2 is 1.96 bits per heavy atom. The smallest absolute Gasteiger partial charge is 0.266 e. The topological polar surface area (TPSA) is 62.6 Å². The lowest BCUT2D eigenvalue weighted by Crippen LogP contribution is -2.31. The summed E-state index contributed by atoms with van der Waals surface area (Å²) in [6, 6.07) is 17.2. The van der Waals surface area contributed by atoms with Crippen molar-refractivity contribution in [2.75, 3.05) is 11.9 Å². The van der Waals surface area contributed by atoms with E-state index in [0.29, 0.717) is 15.0 Å². The lowest BCUT2D eigenvalue weighted by atomic mass is 10.1. The number of thiocarbonyl (C=S) groups is 1. The van der Waals surface area contributed by atoms with E-state index >= 15 is 0 Å². The minimum Gasteiger partial charge on any atom is -0.465 e. The van der Waals surface area contributed by atoms with Crippen LogP contribution in [0.4, 0.5) is 5.69 Å². The summed E-state index contributed by atoms with van der Waals surface area (Å²) in [5.41, 5.74) is 0.729. The third-order valence-corrected chi connectivity index (χ3v) is 5.66. The van der Waals surface area contributed by atoms with Crippen molar-refractivity contribution in [1.82, 2.24) is 4.90 Å². The summed E-state index contributed by atoms with van der Waals surface area (Å²) < 4.78 is 5.69. The zero-order valence-corrected chi connectivity index (χ0v) is 16.4. The molecule has 0 bridgehead atoms. The van der Waals surface area contributed by atoms with Crippen molar-refractivity contribution >= 4 is 62.7 Å². The predicted molar refractivity (Wildman–Crippen MR) is 116 cm³/mol. The number of carbonyl (C=O) groups excluding carboxylic acids is 2. The highest BCUT2D eigenvalue weighted by Crippen LogP contribution is 2.32. The summed E-state index contributed by atoms with van der Waals surface area (Å²) in [5, 5.41) is 5.05.